The highest BCUT2D eigenvalue weighted by atomic mass is 32.2. The lowest BCUT2D eigenvalue weighted by atomic mass is 9.98. The molecule has 30 heavy (non-hydrogen) atoms. The second kappa shape index (κ2) is 7.12. The molecule has 0 atom stereocenters. The van der Waals surface area contributed by atoms with Crippen molar-refractivity contribution in [1.82, 2.24) is 19.3 Å². The van der Waals surface area contributed by atoms with E-state index in [1.165, 1.54) is 14.1 Å². The summed E-state index contributed by atoms with van der Waals surface area (Å²) in [6, 6.07) is 14.3. The quantitative estimate of drug-likeness (QED) is 0.465. The molecular weight excluding hydrogens is 402 g/mol. The van der Waals surface area contributed by atoms with E-state index in [9.17, 15) is 13.2 Å². The molecule has 4 rings (SSSR count). The first kappa shape index (κ1) is 19.9. The molecule has 9 heteroatoms. The van der Waals surface area contributed by atoms with Crippen LogP contribution >= 0.6 is 0 Å². The fourth-order valence-corrected chi connectivity index (χ4v) is 4.33. The smallest absolute Gasteiger partial charge is 0.262 e. The number of nitrogens with two attached hydrogens (primary N) is 1. The van der Waals surface area contributed by atoms with Crippen LogP contribution in [-0.2, 0) is 10.0 Å². The van der Waals surface area contributed by atoms with Crippen molar-refractivity contribution in [2.45, 2.75) is 11.8 Å². The number of nitrogens with zero attached hydrogens (tertiary/aromatic N) is 2. The van der Waals surface area contributed by atoms with Crippen molar-refractivity contribution in [3.05, 3.63) is 64.4 Å². The number of benzene rings is 2. The Morgan fingerprint density at radius 3 is 2.33 bits per heavy atom. The first-order valence-electron chi connectivity index (χ1n) is 9.20. The predicted octanol–water partition coefficient (Wildman–Crippen LogP) is 2.73. The lowest BCUT2D eigenvalue weighted by molar-refractivity contribution is 0.521. The van der Waals surface area contributed by atoms with Gasteiger partial charge in [-0.15, -0.1) is 0 Å². The van der Waals surface area contributed by atoms with Crippen LogP contribution in [0.15, 0.2) is 58.2 Å². The van der Waals surface area contributed by atoms with Crippen LogP contribution in [0.3, 0.4) is 0 Å². The van der Waals surface area contributed by atoms with Crippen molar-refractivity contribution < 1.29 is 8.42 Å². The van der Waals surface area contributed by atoms with Crippen LogP contribution in [-0.4, -0.2) is 41.8 Å². The Morgan fingerprint density at radius 1 is 1.00 bits per heavy atom. The number of hydrogen-bond acceptors (Lipinski definition) is 5. The minimum atomic E-state index is -3.54. The van der Waals surface area contributed by atoms with Crippen LogP contribution in [0.5, 0.6) is 0 Å². The van der Waals surface area contributed by atoms with E-state index in [2.05, 4.69) is 15.0 Å². The van der Waals surface area contributed by atoms with Crippen LogP contribution in [0.25, 0.3) is 33.4 Å². The van der Waals surface area contributed by atoms with E-state index in [1.807, 2.05) is 31.2 Å². The van der Waals surface area contributed by atoms with E-state index in [-0.39, 0.29) is 16.4 Å². The number of aromatic nitrogens is 3. The highest BCUT2D eigenvalue weighted by Gasteiger charge is 2.21. The zero-order valence-electron chi connectivity index (χ0n) is 16.7. The summed E-state index contributed by atoms with van der Waals surface area (Å²) in [6.45, 7) is 1.97. The number of aryl methyl sites for hydroxylation is 1. The van der Waals surface area contributed by atoms with Gasteiger partial charge in [0.2, 0.25) is 16.0 Å². The molecule has 4 N–H and O–H groups in total. The van der Waals surface area contributed by atoms with Crippen LogP contribution in [0.2, 0.25) is 0 Å². The number of nitrogens with one attached hydrogen (secondary N) is 2. The minimum absolute atomic E-state index is 0.0171. The molecule has 0 aliphatic rings. The molecule has 2 aromatic heterocycles. The monoisotopic (exact) mass is 423 g/mol. The van der Waals surface area contributed by atoms with Crippen molar-refractivity contribution >= 4 is 27.0 Å². The predicted molar refractivity (Wildman–Crippen MR) is 118 cm³/mol. The van der Waals surface area contributed by atoms with Gasteiger partial charge >= 0.3 is 0 Å². The van der Waals surface area contributed by atoms with E-state index in [4.69, 9.17) is 5.73 Å². The molecule has 0 radical (unpaired) electrons. The molecule has 154 valence electrons. The first-order chi connectivity index (χ1) is 14.2. The molecule has 0 amide bonds. The minimum Gasteiger partial charge on any atom is -0.369 e. The average molecular weight is 423 g/mol. The molecule has 0 saturated heterocycles. The summed E-state index contributed by atoms with van der Waals surface area (Å²) < 4.78 is 25.9. The van der Waals surface area contributed by atoms with E-state index >= 15 is 0 Å². The van der Waals surface area contributed by atoms with Gasteiger partial charge in [0.1, 0.15) is 5.65 Å². The standard InChI is InChI=1S/C21H21N5O3S/c1-12-5-4-6-14(11-12)16-17-19(24-21(22)25-20(17)27)23-18(16)13-7-9-15(10-8-13)30(28,29)26(2)3/h4-11H,1-3H3,(H4,22,23,24,25,27). The number of fused-ring (bicyclic) bond motifs is 1. The van der Waals surface area contributed by atoms with E-state index in [0.717, 1.165) is 21.0 Å². The molecule has 0 fully saturated rings. The van der Waals surface area contributed by atoms with E-state index < -0.39 is 10.0 Å². The van der Waals surface area contributed by atoms with Gasteiger partial charge in [-0.2, -0.15) is 4.98 Å². The van der Waals surface area contributed by atoms with Gasteiger partial charge in [-0.3, -0.25) is 9.78 Å². The molecule has 0 aliphatic heterocycles. The maximum Gasteiger partial charge on any atom is 0.262 e. The Kier molecular flexibility index (Phi) is 4.71. The van der Waals surface area contributed by atoms with Crippen molar-refractivity contribution in [2.75, 3.05) is 19.8 Å². The zero-order chi connectivity index (χ0) is 21.6. The maximum absolute atomic E-state index is 12.7. The van der Waals surface area contributed by atoms with Gasteiger partial charge in [-0.05, 0) is 30.2 Å². The highest BCUT2D eigenvalue weighted by molar-refractivity contribution is 7.89. The third-order valence-electron chi connectivity index (χ3n) is 4.91. The lowest BCUT2D eigenvalue weighted by Gasteiger charge is -2.12. The van der Waals surface area contributed by atoms with Gasteiger partial charge in [0.25, 0.3) is 5.56 Å². The van der Waals surface area contributed by atoms with Crippen molar-refractivity contribution in [3.63, 3.8) is 0 Å². The summed E-state index contributed by atoms with van der Waals surface area (Å²) >= 11 is 0. The van der Waals surface area contributed by atoms with Crippen molar-refractivity contribution in [3.8, 4) is 22.4 Å². The molecule has 4 aromatic rings. The summed E-state index contributed by atoms with van der Waals surface area (Å²) in [5, 5.41) is 0.398. The number of sulfonamides is 1. The maximum atomic E-state index is 12.7. The Morgan fingerprint density at radius 2 is 1.70 bits per heavy atom. The molecule has 0 unspecified atom stereocenters. The Labute approximate surface area is 173 Å². The van der Waals surface area contributed by atoms with Gasteiger partial charge in [-0.1, -0.05) is 42.0 Å². The van der Waals surface area contributed by atoms with Crippen LogP contribution < -0.4 is 11.3 Å². The van der Waals surface area contributed by atoms with Gasteiger partial charge < -0.3 is 10.7 Å². The summed E-state index contributed by atoms with van der Waals surface area (Å²) in [5.41, 5.74) is 9.70. The third kappa shape index (κ3) is 3.27. The molecule has 2 heterocycles. The van der Waals surface area contributed by atoms with Crippen molar-refractivity contribution in [2.24, 2.45) is 0 Å². The Bertz CT molecular complexity index is 1420. The summed E-state index contributed by atoms with van der Waals surface area (Å²) in [7, 11) is -0.571. The first-order valence-corrected chi connectivity index (χ1v) is 10.6. The van der Waals surface area contributed by atoms with Crippen LogP contribution in [0, 0.1) is 6.92 Å². The fraction of sp³-hybridized carbons (Fsp3) is 0.143. The topological polar surface area (TPSA) is 125 Å². The number of anilines is 1. The summed E-state index contributed by atoms with van der Waals surface area (Å²) in [6.07, 6.45) is 0. The average Bonchev–Trinajstić information content (AvgIpc) is 3.07. The molecule has 0 saturated carbocycles. The van der Waals surface area contributed by atoms with Gasteiger partial charge in [0.15, 0.2) is 0 Å². The molecule has 0 aliphatic carbocycles. The highest BCUT2D eigenvalue weighted by Crippen LogP contribution is 2.37. The Balaban J connectivity index is 1.99. The summed E-state index contributed by atoms with van der Waals surface area (Å²) in [4.78, 5) is 22.9. The van der Waals surface area contributed by atoms with Gasteiger partial charge in [0, 0.05) is 19.7 Å². The molecule has 2 aromatic carbocycles. The van der Waals surface area contributed by atoms with E-state index in [1.54, 1.807) is 24.3 Å². The Hall–Kier alpha value is -3.43. The molecular formula is C21H21N5O3S. The number of rotatable bonds is 4. The zero-order valence-corrected chi connectivity index (χ0v) is 17.5. The number of aromatic amines is 2. The third-order valence-corrected chi connectivity index (χ3v) is 6.74. The molecule has 0 spiro atoms. The second-order valence-corrected chi connectivity index (χ2v) is 9.38. The number of hydrogen-bond donors (Lipinski definition) is 3. The molecule has 0 bridgehead atoms. The van der Waals surface area contributed by atoms with E-state index in [0.29, 0.717) is 22.3 Å². The normalized spacial score (nSPS) is 12.0. The number of nitrogen functional groups attached to an aromatic ring is 1. The van der Waals surface area contributed by atoms with Gasteiger partial charge in [-0.25, -0.2) is 12.7 Å². The van der Waals surface area contributed by atoms with Crippen LogP contribution in [0.4, 0.5) is 5.95 Å². The SMILES string of the molecule is Cc1cccc(-c2c(-c3ccc(S(=O)(=O)N(C)C)cc3)[nH]c3nc(N)[nH]c(=O)c23)c1. The van der Waals surface area contributed by atoms with Crippen molar-refractivity contribution in [1.29, 1.82) is 0 Å². The fourth-order valence-electron chi connectivity index (χ4n) is 3.43. The van der Waals surface area contributed by atoms with Gasteiger partial charge in [0.05, 0.1) is 16.0 Å². The van der Waals surface area contributed by atoms with Crippen LogP contribution in [0.1, 0.15) is 5.56 Å². The summed E-state index contributed by atoms with van der Waals surface area (Å²) in [5.74, 6) is 0.0171. The number of H-pyrrole nitrogens is 2. The largest absolute Gasteiger partial charge is 0.369 e. The lowest BCUT2D eigenvalue weighted by Crippen LogP contribution is -2.22. The second-order valence-electron chi connectivity index (χ2n) is 7.23. The molecule has 8 nitrogen and oxygen atoms in total.